The molecule has 0 radical (unpaired) electrons. The highest BCUT2D eigenvalue weighted by molar-refractivity contribution is 6.30. The Labute approximate surface area is 175 Å². The lowest BCUT2D eigenvalue weighted by Gasteiger charge is -2.39. The van der Waals surface area contributed by atoms with Crippen molar-refractivity contribution in [2.75, 3.05) is 6.61 Å². The van der Waals surface area contributed by atoms with Crippen molar-refractivity contribution in [1.82, 2.24) is 0 Å². The topological polar surface area (TPSA) is 174 Å². The third kappa shape index (κ3) is 3.16. The van der Waals surface area contributed by atoms with Crippen molar-refractivity contribution >= 4 is 11.6 Å². The molecule has 10 heteroatoms. The molecular weight excluding hydrogens is 412 g/mol. The SMILES string of the molecule is Cc1cc2c(c(O)c1O[C@H]1O[C@@H](CO)[C@H](O)[C@@H](O)[C@@H]1O)C(=O)c1c(O)cccc1C2=O. The lowest BCUT2D eigenvalue weighted by atomic mass is 9.82. The maximum atomic E-state index is 13.0. The van der Waals surface area contributed by atoms with Crippen LogP contribution in [0.3, 0.4) is 0 Å². The van der Waals surface area contributed by atoms with Gasteiger partial charge in [0.2, 0.25) is 12.1 Å². The first-order chi connectivity index (χ1) is 14.7. The molecule has 2 aliphatic rings. The van der Waals surface area contributed by atoms with E-state index in [1.807, 2.05) is 0 Å². The Morgan fingerprint density at radius 3 is 2.35 bits per heavy atom. The summed E-state index contributed by atoms with van der Waals surface area (Å²) in [5, 5.41) is 60.2. The van der Waals surface area contributed by atoms with Crippen LogP contribution in [0.2, 0.25) is 0 Å². The van der Waals surface area contributed by atoms with Gasteiger partial charge in [-0.1, -0.05) is 12.1 Å². The van der Waals surface area contributed by atoms with Crippen LogP contribution in [-0.2, 0) is 4.74 Å². The Hall–Kier alpha value is -3.02. The minimum Gasteiger partial charge on any atom is -0.507 e. The number of aliphatic hydroxyl groups is 4. The standard InChI is InChI=1S/C21H20O10/c1-7-5-9-13(16(26)12-8(14(9)24)3-2-4-10(12)23)17(27)20(7)31-21-19(29)18(28)15(25)11(6-22)30-21/h2-5,11,15,18-19,21-23,25,27-29H,6H2,1H3/t11-,15-,18+,19-,21+/m0/s1. The number of aliphatic hydroxyl groups excluding tert-OH is 4. The molecule has 1 aliphatic heterocycles. The predicted octanol–water partition coefficient (Wildman–Crippen LogP) is -0.640. The van der Waals surface area contributed by atoms with Gasteiger partial charge in [0.15, 0.2) is 17.3 Å². The normalized spacial score (nSPS) is 27.6. The molecule has 6 N–H and O–H groups in total. The molecule has 164 valence electrons. The molecule has 31 heavy (non-hydrogen) atoms. The van der Waals surface area contributed by atoms with E-state index >= 15 is 0 Å². The summed E-state index contributed by atoms with van der Waals surface area (Å²) in [6.07, 6.45) is -7.89. The summed E-state index contributed by atoms with van der Waals surface area (Å²) >= 11 is 0. The zero-order chi connectivity index (χ0) is 22.6. The lowest BCUT2D eigenvalue weighted by molar-refractivity contribution is -0.277. The molecule has 0 spiro atoms. The fourth-order valence-corrected chi connectivity index (χ4v) is 3.86. The molecule has 0 saturated carbocycles. The zero-order valence-corrected chi connectivity index (χ0v) is 16.2. The van der Waals surface area contributed by atoms with E-state index in [1.54, 1.807) is 0 Å². The lowest BCUT2D eigenvalue weighted by Crippen LogP contribution is -2.60. The van der Waals surface area contributed by atoms with Crippen molar-refractivity contribution in [2.45, 2.75) is 37.6 Å². The van der Waals surface area contributed by atoms with Crippen molar-refractivity contribution in [3.05, 3.63) is 52.1 Å². The van der Waals surface area contributed by atoms with Crippen molar-refractivity contribution in [3.8, 4) is 17.2 Å². The highest BCUT2D eigenvalue weighted by Gasteiger charge is 2.45. The number of fused-ring (bicyclic) bond motifs is 2. The molecule has 10 nitrogen and oxygen atoms in total. The van der Waals surface area contributed by atoms with Gasteiger partial charge in [-0.3, -0.25) is 9.59 Å². The largest absolute Gasteiger partial charge is 0.507 e. The number of rotatable bonds is 3. The first-order valence-corrected chi connectivity index (χ1v) is 9.42. The second kappa shape index (κ2) is 7.59. The van der Waals surface area contributed by atoms with Gasteiger partial charge in [-0.05, 0) is 24.6 Å². The quantitative estimate of drug-likeness (QED) is 0.312. The Morgan fingerprint density at radius 2 is 1.68 bits per heavy atom. The van der Waals surface area contributed by atoms with Crippen LogP contribution in [0.15, 0.2) is 24.3 Å². The van der Waals surface area contributed by atoms with Crippen molar-refractivity contribution < 1.29 is 49.7 Å². The van der Waals surface area contributed by atoms with E-state index in [2.05, 4.69) is 0 Å². The van der Waals surface area contributed by atoms with Crippen LogP contribution in [-0.4, -0.2) is 79.5 Å². The molecule has 1 fully saturated rings. The van der Waals surface area contributed by atoms with Crippen molar-refractivity contribution in [1.29, 1.82) is 0 Å². The number of aromatic hydroxyl groups is 2. The maximum absolute atomic E-state index is 13.0. The van der Waals surface area contributed by atoms with E-state index in [0.29, 0.717) is 0 Å². The van der Waals surface area contributed by atoms with Gasteiger partial charge in [0, 0.05) is 11.1 Å². The number of phenolic OH excluding ortho intramolecular Hbond substituents is 2. The van der Waals surface area contributed by atoms with Crippen molar-refractivity contribution in [2.24, 2.45) is 0 Å². The molecule has 0 amide bonds. The van der Waals surface area contributed by atoms with E-state index in [1.165, 1.54) is 31.2 Å². The van der Waals surface area contributed by atoms with Crippen molar-refractivity contribution in [3.63, 3.8) is 0 Å². The fraction of sp³-hybridized carbons (Fsp3) is 0.333. The molecule has 2 aromatic carbocycles. The summed E-state index contributed by atoms with van der Waals surface area (Å²) in [6.45, 7) is 0.804. The first-order valence-electron chi connectivity index (χ1n) is 9.42. The number of hydrogen-bond acceptors (Lipinski definition) is 10. The van der Waals surface area contributed by atoms with Crippen LogP contribution in [0.25, 0.3) is 0 Å². The summed E-state index contributed by atoms with van der Waals surface area (Å²) in [6, 6.07) is 5.38. The molecule has 1 heterocycles. The first kappa shape index (κ1) is 21.2. The van der Waals surface area contributed by atoms with Crippen LogP contribution >= 0.6 is 0 Å². The predicted molar refractivity (Wildman–Crippen MR) is 102 cm³/mol. The van der Waals surface area contributed by atoms with Gasteiger partial charge in [0.05, 0.1) is 17.7 Å². The van der Waals surface area contributed by atoms with Crippen LogP contribution in [0.4, 0.5) is 0 Å². The number of aryl methyl sites for hydroxylation is 1. The zero-order valence-electron chi connectivity index (χ0n) is 16.2. The maximum Gasteiger partial charge on any atom is 0.229 e. The van der Waals surface area contributed by atoms with Gasteiger partial charge in [-0.2, -0.15) is 0 Å². The number of carbonyl (C=O) groups excluding carboxylic acids is 2. The molecule has 4 rings (SSSR count). The van der Waals surface area contributed by atoms with Crippen LogP contribution in [0.5, 0.6) is 17.2 Å². The van der Waals surface area contributed by atoms with E-state index in [0.717, 1.165) is 0 Å². The second-order valence-corrected chi connectivity index (χ2v) is 7.47. The number of carbonyl (C=O) groups is 2. The Kier molecular flexibility index (Phi) is 5.20. The minimum atomic E-state index is -1.74. The van der Waals surface area contributed by atoms with Gasteiger partial charge in [0.25, 0.3) is 0 Å². The average Bonchev–Trinajstić information content (AvgIpc) is 2.74. The summed E-state index contributed by atoms with van der Waals surface area (Å²) in [5.41, 5.74) is -0.502. The summed E-state index contributed by atoms with van der Waals surface area (Å²) in [5.74, 6) is -2.79. The molecule has 1 aliphatic carbocycles. The highest BCUT2D eigenvalue weighted by Crippen LogP contribution is 2.43. The third-order valence-corrected chi connectivity index (χ3v) is 5.51. The number of ether oxygens (including phenoxy) is 2. The Morgan fingerprint density at radius 1 is 0.968 bits per heavy atom. The third-order valence-electron chi connectivity index (χ3n) is 5.51. The fourth-order valence-electron chi connectivity index (χ4n) is 3.86. The van der Waals surface area contributed by atoms with E-state index in [-0.39, 0.29) is 33.6 Å². The van der Waals surface area contributed by atoms with E-state index in [9.17, 15) is 40.2 Å². The van der Waals surface area contributed by atoms with E-state index < -0.39 is 60.4 Å². The average molecular weight is 432 g/mol. The molecule has 1 saturated heterocycles. The molecule has 5 atom stereocenters. The van der Waals surface area contributed by atoms with E-state index in [4.69, 9.17) is 9.47 Å². The smallest absolute Gasteiger partial charge is 0.229 e. The number of hydrogen-bond donors (Lipinski definition) is 6. The molecule has 0 aromatic heterocycles. The van der Waals surface area contributed by atoms with Crippen LogP contribution < -0.4 is 4.74 Å². The summed E-state index contributed by atoms with van der Waals surface area (Å²) < 4.78 is 10.8. The van der Waals surface area contributed by atoms with Gasteiger partial charge in [0.1, 0.15) is 30.2 Å². The van der Waals surface area contributed by atoms with Gasteiger partial charge in [-0.25, -0.2) is 0 Å². The second-order valence-electron chi connectivity index (χ2n) is 7.47. The number of benzene rings is 2. The number of phenols is 2. The number of ketones is 2. The van der Waals surface area contributed by atoms with Crippen LogP contribution in [0.1, 0.15) is 37.4 Å². The van der Waals surface area contributed by atoms with Gasteiger partial charge >= 0.3 is 0 Å². The van der Waals surface area contributed by atoms with Gasteiger partial charge < -0.3 is 40.1 Å². The molecular formula is C21H20O10. The highest BCUT2D eigenvalue weighted by atomic mass is 16.7. The summed E-state index contributed by atoms with van der Waals surface area (Å²) in [4.78, 5) is 25.9. The molecule has 0 bridgehead atoms. The van der Waals surface area contributed by atoms with Gasteiger partial charge in [-0.15, -0.1) is 0 Å². The molecule has 0 unspecified atom stereocenters. The Bertz CT molecular complexity index is 1080. The summed E-state index contributed by atoms with van der Waals surface area (Å²) in [7, 11) is 0. The van der Waals surface area contributed by atoms with Crippen LogP contribution in [0, 0.1) is 6.92 Å². The monoisotopic (exact) mass is 432 g/mol. The minimum absolute atomic E-state index is 0.00102. The molecule has 2 aromatic rings. The Balaban J connectivity index is 1.77.